The van der Waals surface area contributed by atoms with Crippen molar-refractivity contribution in [1.29, 1.82) is 0 Å². The molecule has 11 atom stereocenters. The highest BCUT2D eigenvalue weighted by atomic mass is 16.6. The Morgan fingerprint density at radius 2 is 1.81 bits per heavy atom. The summed E-state index contributed by atoms with van der Waals surface area (Å²) >= 11 is 0. The summed E-state index contributed by atoms with van der Waals surface area (Å²) in [5, 5.41) is 10.3. The first-order valence-corrected chi connectivity index (χ1v) is 13.7. The van der Waals surface area contributed by atoms with Crippen molar-refractivity contribution >= 4 is 0 Å². The van der Waals surface area contributed by atoms with Gasteiger partial charge in [-0.1, -0.05) is 59.6 Å². The zero-order valence-corrected chi connectivity index (χ0v) is 21.1. The van der Waals surface area contributed by atoms with Crippen LogP contribution in [-0.4, -0.2) is 23.4 Å². The lowest BCUT2D eigenvalue weighted by Gasteiger charge is -2.58. The molecule has 0 spiro atoms. The number of allylic oxidation sites excluding steroid dienone is 1. The molecule has 1 saturated heterocycles. The lowest BCUT2D eigenvalue weighted by atomic mass is 9.47. The largest absolute Gasteiger partial charge is 0.393 e. The third-order valence-corrected chi connectivity index (χ3v) is 11.6. The molecule has 3 saturated carbocycles. The summed E-state index contributed by atoms with van der Waals surface area (Å²) in [6.07, 6.45) is 14.9. The highest BCUT2D eigenvalue weighted by molar-refractivity contribution is 5.25. The van der Waals surface area contributed by atoms with Crippen LogP contribution in [0.15, 0.2) is 11.6 Å². The molecule has 1 N–H and O–H groups in total. The van der Waals surface area contributed by atoms with Crippen LogP contribution in [0, 0.1) is 52.3 Å². The van der Waals surface area contributed by atoms with Crippen molar-refractivity contribution in [1.82, 2.24) is 0 Å². The van der Waals surface area contributed by atoms with E-state index in [0.29, 0.717) is 29.0 Å². The predicted molar refractivity (Wildman–Crippen MR) is 128 cm³/mol. The van der Waals surface area contributed by atoms with Gasteiger partial charge in [-0.15, -0.1) is 0 Å². The minimum atomic E-state index is -0.0919. The van der Waals surface area contributed by atoms with Gasteiger partial charge in [-0.25, -0.2) is 0 Å². The molecular formula is C29H48O2. The summed E-state index contributed by atoms with van der Waals surface area (Å²) < 4.78 is 6.40. The second kappa shape index (κ2) is 7.86. The maximum Gasteiger partial charge on any atom is 0.0875 e. The Morgan fingerprint density at radius 3 is 2.52 bits per heavy atom. The minimum absolute atomic E-state index is 0.0919. The molecule has 5 rings (SSSR count). The standard InChI is InChI=1S/C29H48O2/c1-7-21(17(2)3)27-26(31-27)18(4)23-10-11-24-22-9-8-19-16-20(30)12-14-28(19,5)25(22)13-15-29(23,24)6/h8,17-18,20-27,30H,7,9-16H2,1-6H3/t18-,20-,21-,22-,23+,24-,25-,26?,27+,28-,29+/m0/s1. The number of hydrogen-bond donors (Lipinski definition) is 1. The summed E-state index contributed by atoms with van der Waals surface area (Å²) in [7, 11) is 0. The van der Waals surface area contributed by atoms with E-state index in [-0.39, 0.29) is 6.10 Å². The van der Waals surface area contributed by atoms with Crippen LogP contribution in [-0.2, 0) is 4.74 Å². The van der Waals surface area contributed by atoms with E-state index < -0.39 is 0 Å². The third-order valence-electron chi connectivity index (χ3n) is 11.6. The molecular weight excluding hydrogens is 380 g/mol. The first-order valence-electron chi connectivity index (χ1n) is 13.7. The number of aliphatic hydroxyl groups excluding tert-OH is 1. The van der Waals surface area contributed by atoms with Crippen molar-refractivity contribution in [3.8, 4) is 0 Å². The van der Waals surface area contributed by atoms with Gasteiger partial charge in [0, 0.05) is 0 Å². The number of fused-ring (bicyclic) bond motifs is 5. The molecule has 2 heteroatoms. The zero-order chi connectivity index (χ0) is 22.1. The molecule has 0 aromatic rings. The number of epoxide rings is 1. The van der Waals surface area contributed by atoms with Crippen molar-refractivity contribution in [2.24, 2.45) is 52.3 Å². The van der Waals surface area contributed by atoms with E-state index in [1.54, 1.807) is 5.57 Å². The van der Waals surface area contributed by atoms with Gasteiger partial charge in [0.25, 0.3) is 0 Å². The topological polar surface area (TPSA) is 32.8 Å². The van der Waals surface area contributed by atoms with E-state index in [1.165, 1.54) is 44.9 Å². The number of rotatable bonds is 5. The number of aliphatic hydroxyl groups is 1. The summed E-state index contributed by atoms with van der Waals surface area (Å²) in [5.74, 6) is 5.62. The summed E-state index contributed by atoms with van der Waals surface area (Å²) in [6, 6.07) is 0. The van der Waals surface area contributed by atoms with Gasteiger partial charge in [0.15, 0.2) is 0 Å². The van der Waals surface area contributed by atoms with Gasteiger partial charge in [0.05, 0.1) is 18.3 Å². The molecule has 0 aromatic carbocycles. The molecule has 2 nitrogen and oxygen atoms in total. The number of hydrogen-bond acceptors (Lipinski definition) is 2. The Hall–Kier alpha value is -0.340. The third kappa shape index (κ3) is 3.40. The Balaban J connectivity index is 1.33. The highest BCUT2D eigenvalue weighted by Gasteiger charge is 2.61. The SMILES string of the molecule is CC[C@@H](C(C)C)[C@H]1OC1[C@@H](C)[C@H]1CC[C@H]2[C@@H]3CC=C4C[C@@H](O)CC[C@]4(C)[C@H]3CC[C@]12C. The zero-order valence-electron chi connectivity index (χ0n) is 21.1. The van der Waals surface area contributed by atoms with Crippen molar-refractivity contribution in [3.05, 3.63) is 11.6 Å². The van der Waals surface area contributed by atoms with Gasteiger partial charge in [-0.3, -0.25) is 0 Å². The Morgan fingerprint density at radius 1 is 1.03 bits per heavy atom. The van der Waals surface area contributed by atoms with Crippen molar-refractivity contribution in [3.63, 3.8) is 0 Å². The Kier molecular flexibility index (Phi) is 5.70. The van der Waals surface area contributed by atoms with Crippen LogP contribution in [0.2, 0.25) is 0 Å². The van der Waals surface area contributed by atoms with Gasteiger partial charge in [0.1, 0.15) is 0 Å². The van der Waals surface area contributed by atoms with E-state index >= 15 is 0 Å². The van der Waals surface area contributed by atoms with Crippen LogP contribution in [0.25, 0.3) is 0 Å². The average Bonchev–Trinajstić information content (AvgIpc) is 3.42. The highest BCUT2D eigenvalue weighted by Crippen LogP contribution is 2.68. The summed E-state index contributed by atoms with van der Waals surface area (Å²) in [6.45, 7) is 14.9. The van der Waals surface area contributed by atoms with Crippen molar-refractivity contribution < 1.29 is 9.84 Å². The maximum atomic E-state index is 10.3. The van der Waals surface area contributed by atoms with Gasteiger partial charge in [-0.2, -0.15) is 0 Å². The van der Waals surface area contributed by atoms with E-state index in [1.807, 2.05) is 0 Å². The van der Waals surface area contributed by atoms with Crippen LogP contribution in [0.4, 0.5) is 0 Å². The van der Waals surface area contributed by atoms with E-state index in [4.69, 9.17) is 4.74 Å². The van der Waals surface area contributed by atoms with Crippen LogP contribution < -0.4 is 0 Å². The lowest BCUT2D eigenvalue weighted by Crippen LogP contribution is -2.51. The molecule has 0 aromatic heterocycles. The van der Waals surface area contributed by atoms with Gasteiger partial charge < -0.3 is 9.84 Å². The second-order valence-corrected chi connectivity index (χ2v) is 13.1. The van der Waals surface area contributed by atoms with Crippen LogP contribution in [0.5, 0.6) is 0 Å². The van der Waals surface area contributed by atoms with Crippen LogP contribution >= 0.6 is 0 Å². The van der Waals surface area contributed by atoms with Crippen LogP contribution in [0.1, 0.15) is 99.3 Å². The molecule has 0 bridgehead atoms. The fourth-order valence-corrected chi connectivity index (χ4v) is 9.76. The Labute approximate surface area is 191 Å². The normalized spacial score (nSPS) is 50.8. The smallest absolute Gasteiger partial charge is 0.0875 e. The van der Waals surface area contributed by atoms with Gasteiger partial charge >= 0.3 is 0 Å². The maximum absolute atomic E-state index is 10.3. The Bertz CT molecular complexity index is 712. The van der Waals surface area contributed by atoms with E-state index in [9.17, 15) is 5.11 Å². The molecule has 0 amide bonds. The lowest BCUT2D eigenvalue weighted by molar-refractivity contribution is -0.0582. The number of ether oxygens (including phenoxy) is 1. The minimum Gasteiger partial charge on any atom is -0.393 e. The molecule has 31 heavy (non-hydrogen) atoms. The van der Waals surface area contributed by atoms with Gasteiger partial charge in [0.2, 0.25) is 0 Å². The quantitative estimate of drug-likeness (QED) is 0.377. The van der Waals surface area contributed by atoms with E-state index in [0.717, 1.165) is 48.3 Å². The predicted octanol–water partition coefficient (Wildman–Crippen LogP) is 7.01. The molecule has 1 unspecified atom stereocenters. The second-order valence-electron chi connectivity index (χ2n) is 13.1. The molecule has 4 fully saturated rings. The van der Waals surface area contributed by atoms with Crippen molar-refractivity contribution in [2.45, 2.75) is 118 Å². The first-order chi connectivity index (χ1) is 14.7. The fourth-order valence-electron chi connectivity index (χ4n) is 9.76. The monoisotopic (exact) mass is 428 g/mol. The summed E-state index contributed by atoms with van der Waals surface area (Å²) in [4.78, 5) is 0. The fraction of sp³-hybridized carbons (Fsp3) is 0.931. The molecule has 4 aliphatic carbocycles. The first kappa shape index (κ1) is 22.5. The molecule has 5 aliphatic rings. The molecule has 0 radical (unpaired) electrons. The van der Waals surface area contributed by atoms with Crippen molar-refractivity contribution in [2.75, 3.05) is 0 Å². The molecule has 1 heterocycles. The molecule has 1 aliphatic heterocycles. The average molecular weight is 429 g/mol. The van der Waals surface area contributed by atoms with Gasteiger partial charge in [-0.05, 0) is 104 Å². The molecule has 176 valence electrons. The summed E-state index contributed by atoms with van der Waals surface area (Å²) in [5.41, 5.74) is 2.48. The van der Waals surface area contributed by atoms with E-state index in [2.05, 4.69) is 47.6 Å². The van der Waals surface area contributed by atoms with Crippen LogP contribution in [0.3, 0.4) is 0 Å².